The van der Waals surface area contributed by atoms with E-state index in [4.69, 9.17) is 4.74 Å². The lowest BCUT2D eigenvalue weighted by atomic mass is 10.3. The van der Waals surface area contributed by atoms with Crippen LogP contribution in [0.1, 0.15) is 5.56 Å². The van der Waals surface area contributed by atoms with Gasteiger partial charge < -0.3 is 4.74 Å². The first-order chi connectivity index (χ1) is 13.3. The lowest BCUT2D eigenvalue weighted by molar-refractivity contribution is 0.431. The number of sulfonamides is 1. The van der Waals surface area contributed by atoms with Crippen LogP contribution in [-0.4, -0.2) is 13.4 Å². The molecule has 1 aromatic heterocycles. The number of pyridine rings is 1. The van der Waals surface area contributed by atoms with Crippen LogP contribution in [0.5, 0.6) is 11.6 Å². The molecule has 0 bridgehead atoms. The van der Waals surface area contributed by atoms with Crippen LogP contribution < -0.4 is 9.46 Å². The Labute approximate surface area is 157 Å². The van der Waals surface area contributed by atoms with E-state index in [0.717, 1.165) is 0 Å². The fraction of sp³-hybridized carbons (Fsp3) is 0.0556. The monoisotopic (exact) mass is 412 g/mol. The van der Waals surface area contributed by atoms with E-state index >= 15 is 0 Å². The van der Waals surface area contributed by atoms with Crippen molar-refractivity contribution in [3.05, 3.63) is 83.6 Å². The minimum absolute atomic E-state index is 0.185. The second kappa shape index (κ2) is 7.95. The number of benzene rings is 2. The summed E-state index contributed by atoms with van der Waals surface area (Å²) < 4.78 is 84.4. The van der Waals surface area contributed by atoms with Crippen LogP contribution in [0.15, 0.2) is 59.6 Å². The van der Waals surface area contributed by atoms with E-state index in [9.17, 15) is 26.0 Å². The molecule has 0 fully saturated rings. The van der Waals surface area contributed by atoms with E-state index < -0.39 is 38.2 Å². The molecule has 2 aromatic carbocycles. The molecule has 0 amide bonds. The van der Waals surface area contributed by atoms with Crippen molar-refractivity contribution in [2.24, 2.45) is 0 Å². The Morgan fingerprint density at radius 3 is 2.25 bits per heavy atom. The van der Waals surface area contributed by atoms with E-state index in [-0.39, 0.29) is 12.4 Å². The summed E-state index contributed by atoms with van der Waals surface area (Å²) >= 11 is 0. The van der Waals surface area contributed by atoms with Crippen molar-refractivity contribution in [2.75, 3.05) is 0 Å². The standard InChI is InChI=1S/C18H12F4N2O3S/c19-12-2-4-13(5-3-12)27-16-8-1-11(9-23-16)10-24-28(25,26)15-7-6-14(20)17(21)18(15)22/h1-9,24H,10H2. The first kappa shape index (κ1) is 19.8. The summed E-state index contributed by atoms with van der Waals surface area (Å²) in [6, 6.07) is 9.36. The molecule has 0 atom stereocenters. The second-order valence-electron chi connectivity index (χ2n) is 5.56. The fourth-order valence-corrected chi connectivity index (χ4v) is 3.26. The minimum atomic E-state index is -4.42. The molecular formula is C18H12F4N2O3S. The third kappa shape index (κ3) is 4.46. The van der Waals surface area contributed by atoms with Gasteiger partial charge >= 0.3 is 0 Å². The first-order valence-corrected chi connectivity index (χ1v) is 9.26. The quantitative estimate of drug-likeness (QED) is 0.493. The molecule has 0 aliphatic carbocycles. The third-order valence-corrected chi connectivity index (χ3v) is 5.01. The average molecular weight is 412 g/mol. The van der Waals surface area contributed by atoms with Gasteiger partial charge in [0.2, 0.25) is 15.9 Å². The SMILES string of the molecule is O=S(=O)(NCc1ccc(Oc2ccc(F)cc2)nc1)c1ccc(F)c(F)c1F. The van der Waals surface area contributed by atoms with Crippen molar-refractivity contribution in [3.8, 4) is 11.6 Å². The molecule has 5 nitrogen and oxygen atoms in total. The van der Waals surface area contributed by atoms with Gasteiger partial charge in [-0.25, -0.2) is 35.7 Å². The lowest BCUT2D eigenvalue weighted by Gasteiger charge is -2.09. The van der Waals surface area contributed by atoms with Crippen molar-refractivity contribution >= 4 is 10.0 Å². The lowest BCUT2D eigenvalue weighted by Crippen LogP contribution is -2.24. The third-order valence-electron chi connectivity index (χ3n) is 3.59. The maximum atomic E-state index is 13.7. The zero-order valence-electron chi connectivity index (χ0n) is 14.0. The van der Waals surface area contributed by atoms with E-state index in [1.807, 2.05) is 0 Å². The molecule has 0 radical (unpaired) electrons. The fourth-order valence-electron chi connectivity index (χ4n) is 2.17. The zero-order chi connectivity index (χ0) is 20.3. The summed E-state index contributed by atoms with van der Waals surface area (Å²) in [4.78, 5) is 2.97. The highest BCUT2D eigenvalue weighted by Crippen LogP contribution is 2.21. The van der Waals surface area contributed by atoms with Gasteiger partial charge in [-0.3, -0.25) is 0 Å². The maximum Gasteiger partial charge on any atom is 0.243 e. The van der Waals surface area contributed by atoms with Crippen molar-refractivity contribution in [1.29, 1.82) is 0 Å². The highest BCUT2D eigenvalue weighted by Gasteiger charge is 2.23. The highest BCUT2D eigenvalue weighted by molar-refractivity contribution is 7.89. The first-order valence-electron chi connectivity index (χ1n) is 7.78. The number of hydrogen-bond acceptors (Lipinski definition) is 4. The highest BCUT2D eigenvalue weighted by atomic mass is 32.2. The Hall–Kier alpha value is -2.98. The van der Waals surface area contributed by atoms with E-state index in [0.29, 0.717) is 23.4 Å². The second-order valence-corrected chi connectivity index (χ2v) is 7.29. The summed E-state index contributed by atoms with van der Waals surface area (Å²) in [6.07, 6.45) is 1.31. The summed E-state index contributed by atoms with van der Waals surface area (Å²) in [5, 5.41) is 0. The molecule has 3 rings (SSSR count). The van der Waals surface area contributed by atoms with Crippen molar-refractivity contribution in [2.45, 2.75) is 11.4 Å². The van der Waals surface area contributed by atoms with Gasteiger partial charge in [0, 0.05) is 18.8 Å². The van der Waals surface area contributed by atoms with Gasteiger partial charge in [-0.15, -0.1) is 0 Å². The normalized spacial score (nSPS) is 11.4. The van der Waals surface area contributed by atoms with Gasteiger partial charge in [0.25, 0.3) is 0 Å². The van der Waals surface area contributed by atoms with Crippen molar-refractivity contribution in [3.63, 3.8) is 0 Å². The number of nitrogens with zero attached hydrogens (tertiary/aromatic N) is 1. The van der Waals surface area contributed by atoms with Crippen molar-refractivity contribution < 1.29 is 30.7 Å². The molecule has 3 aromatic rings. The largest absolute Gasteiger partial charge is 0.439 e. The Morgan fingerprint density at radius 1 is 0.893 bits per heavy atom. The zero-order valence-corrected chi connectivity index (χ0v) is 14.8. The van der Waals surface area contributed by atoms with E-state index in [1.165, 1.54) is 42.6 Å². The minimum Gasteiger partial charge on any atom is -0.439 e. The van der Waals surface area contributed by atoms with Crippen LogP contribution in [0.4, 0.5) is 17.6 Å². The molecule has 10 heteroatoms. The summed E-state index contributed by atoms with van der Waals surface area (Å²) in [7, 11) is -4.42. The van der Waals surface area contributed by atoms with Crippen LogP contribution in [0.25, 0.3) is 0 Å². The molecule has 0 aliphatic heterocycles. The Balaban J connectivity index is 1.67. The number of rotatable bonds is 6. The van der Waals surface area contributed by atoms with Gasteiger partial charge in [0.15, 0.2) is 17.5 Å². The predicted octanol–water partition coefficient (Wildman–Crippen LogP) is 3.91. The smallest absolute Gasteiger partial charge is 0.243 e. The molecular weight excluding hydrogens is 400 g/mol. The summed E-state index contributed by atoms with van der Waals surface area (Å²) in [5.41, 5.74) is 0.401. The number of aromatic nitrogens is 1. The van der Waals surface area contributed by atoms with E-state index in [1.54, 1.807) is 0 Å². The number of nitrogens with one attached hydrogen (secondary N) is 1. The summed E-state index contributed by atoms with van der Waals surface area (Å²) in [5.74, 6) is -5.03. The Bertz CT molecular complexity index is 1090. The van der Waals surface area contributed by atoms with Crippen molar-refractivity contribution in [1.82, 2.24) is 9.71 Å². The molecule has 1 N–H and O–H groups in total. The van der Waals surface area contributed by atoms with E-state index in [2.05, 4.69) is 9.71 Å². The van der Waals surface area contributed by atoms with Crippen LogP contribution in [0.3, 0.4) is 0 Å². The molecule has 0 spiro atoms. The van der Waals surface area contributed by atoms with Gasteiger partial charge in [-0.2, -0.15) is 0 Å². The topological polar surface area (TPSA) is 68.3 Å². The van der Waals surface area contributed by atoms with Gasteiger partial charge in [0.1, 0.15) is 16.5 Å². The van der Waals surface area contributed by atoms with Crippen LogP contribution >= 0.6 is 0 Å². The van der Waals surface area contributed by atoms with Crippen LogP contribution in [-0.2, 0) is 16.6 Å². The van der Waals surface area contributed by atoms with Crippen LogP contribution in [0.2, 0.25) is 0 Å². The summed E-state index contributed by atoms with van der Waals surface area (Å²) in [6.45, 7) is -0.273. The van der Waals surface area contributed by atoms with Crippen LogP contribution in [0, 0.1) is 23.3 Å². The molecule has 28 heavy (non-hydrogen) atoms. The predicted molar refractivity (Wildman–Crippen MR) is 91.1 cm³/mol. The molecule has 0 unspecified atom stereocenters. The molecule has 0 saturated carbocycles. The number of halogens is 4. The number of ether oxygens (including phenoxy) is 1. The maximum absolute atomic E-state index is 13.7. The van der Waals surface area contributed by atoms with Gasteiger partial charge in [0.05, 0.1) is 0 Å². The average Bonchev–Trinajstić information content (AvgIpc) is 2.67. The molecule has 0 saturated heterocycles. The Kier molecular flexibility index (Phi) is 5.61. The number of hydrogen-bond donors (Lipinski definition) is 1. The molecule has 1 heterocycles. The van der Waals surface area contributed by atoms with Gasteiger partial charge in [-0.1, -0.05) is 6.07 Å². The Morgan fingerprint density at radius 2 is 1.61 bits per heavy atom. The van der Waals surface area contributed by atoms with Gasteiger partial charge in [-0.05, 0) is 42.0 Å². The molecule has 146 valence electrons. The molecule has 0 aliphatic rings.